The molecule has 1 amide bonds. The van der Waals surface area contributed by atoms with Crippen molar-refractivity contribution in [2.75, 3.05) is 13.7 Å². The Morgan fingerprint density at radius 2 is 2.00 bits per heavy atom. The molecule has 3 rings (SSSR count). The molecule has 2 aliphatic rings. The van der Waals surface area contributed by atoms with E-state index in [1.165, 1.54) is 20.0 Å². The van der Waals surface area contributed by atoms with Crippen molar-refractivity contribution in [3.05, 3.63) is 18.2 Å². The van der Waals surface area contributed by atoms with Crippen molar-refractivity contribution < 1.29 is 14.3 Å². The number of ether oxygens (including phenoxy) is 1. The van der Waals surface area contributed by atoms with Crippen LogP contribution in [-0.2, 0) is 9.53 Å². The summed E-state index contributed by atoms with van der Waals surface area (Å²) in [6, 6.07) is 0.00756. The zero-order valence-corrected chi connectivity index (χ0v) is 12.3. The predicted octanol–water partition coefficient (Wildman–Crippen LogP) is 1.78. The van der Waals surface area contributed by atoms with Crippen LogP contribution in [-0.4, -0.2) is 46.0 Å². The molecule has 1 saturated carbocycles. The van der Waals surface area contributed by atoms with Crippen molar-refractivity contribution in [2.45, 2.75) is 50.6 Å². The first-order valence-electron chi connectivity index (χ1n) is 7.63. The number of aromatic nitrogens is 2. The van der Waals surface area contributed by atoms with Crippen LogP contribution >= 0.6 is 0 Å². The van der Waals surface area contributed by atoms with Gasteiger partial charge in [-0.15, -0.1) is 0 Å². The van der Waals surface area contributed by atoms with E-state index in [-0.39, 0.29) is 11.9 Å². The van der Waals surface area contributed by atoms with Crippen LogP contribution in [0.5, 0.6) is 0 Å². The molecule has 1 aliphatic heterocycles. The maximum atomic E-state index is 12.5. The summed E-state index contributed by atoms with van der Waals surface area (Å²) in [7, 11) is 1.36. The van der Waals surface area contributed by atoms with Gasteiger partial charge in [0.2, 0.25) is 0 Å². The summed E-state index contributed by atoms with van der Waals surface area (Å²) in [5.74, 6) is -0.504. The van der Waals surface area contributed by atoms with Gasteiger partial charge in [-0.05, 0) is 25.7 Å². The molecule has 0 radical (unpaired) electrons. The fourth-order valence-corrected chi connectivity index (χ4v) is 3.39. The number of imidazole rings is 1. The molecule has 6 heteroatoms. The minimum atomic E-state index is -0.459. The van der Waals surface area contributed by atoms with Crippen LogP contribution in [0.2, 0.25) is 0 Å². The number of nitrogens with zero attached hydrogens (tertiary/aromatic N) is 3. The molecular formula is C15H21N3O3. The number of hydrogen-bond donors (Lipinski definition) is 0. The molecule has 114 valence electrons. The number of esters is 1. The molecule has 6 nitrogen and oxygen atoms in total. The number of hydrogen-bond acceptors (Lipinski definition) is 4. The molecule has 1 aromatic rings. The zero-order valence-electron chi connectivity index (χ0n) is 12.3. The highest BCUT2D eigenvalue weighted by Crippen LogP contribution is 2.29. The zero-order chi connectivity index (χ0) is 14.8. The highest BCUT2D eigenvalue weighted by atomic mass is 16.5. The molecule has 1 atom stereocenters. The van der Waals surface area contributed by atoms with Crippen molar-refractivity contribution in [2.24, 2.45) is 0 Å². The van der Waals surface area contributed by atoms with Crippen molar-refractivity contribution in [3.63, 3.8) is 0 Å². The Hall–Kier alpha value is -1.85. The Labute approximate surface area is 124 Å². The second-order valence-electron chi connectivity index (χ2n) is 5.82. The van der Waals surface area contributed by atoms with Gasteiger partial charge in [-0.3, -0.25) is 4.79 Å². The SMILES string of the molecule is COC(=O)C1CCCN1C(=O)c1cn(C2CCCC2)cn1. The molecule has 2 heterocycles. The van der Waals surface area contributed by atoms with E-state index in [9.17, 15) is 9.59 Å². The van der Waals surface area contributed by atoms with Crippen molar-refractivity contribution in [1.82, 2.24) is 14.5 Å². The maximum absolute atomic E-state index is 12.5. The quantitative estimate of drug-likeness (QED) is 0.796. The monoisotopic (exact) mass is 291 g/mol. The molecule has 1 unspecified atom stereocenters. The van der Waals surface area contributed by atoms with Crippen LogP contribution in [0.3, 0.4) is 0 Å². The summed E-state index contributed by atoms with van der Waals surface area (Å²) in [6.07, 6.45) is 9.84. The summed E-state index contributed by atoms with van der Waals surface area (Å²) in [6.45, 7) is 0.592. The third-order valence-corrected chi connectivity index (χ3v) is 4.55. The second-order valence-corrected chi connectivity index (χ2v) is 5.82. The maximum Gasteiger partial charge on any atom is 0.328 e. The molecule has 0 spiro atoms. The van der Waals surface area contributed by atoms with Crippen LogP contribution in [0.25, 0.3) is 0 Å². The number of amides is 1. The number of carbonyl (C=O) groups is 2. The molecule has 0 bridgehead atoms. The largest absolute Gasteiger partial charge is 0.467 e. The van der Waals surface area contributed by atoms with Crippen LogP contribution < -0.4 is 0 Å². The Morgan fingerprint density at radius 3 is 2.71 bits per heavy atom. The van der Waals surface area contributed by atoms with Crippen molar-refractivity contribution in [1.29, 1.82) is 0 Å². The van der Waals surface area contributed by atoms with E-state index in [1.807, 2.05) is 10.8 Å². The van der Waals surface area contributed by atoms with Gasteiger partial charge >= 0.3 is 5.97 Å². The Bertz CT molecular complexity index is 534. The molecule has 1 saturated heterocycles. The van der Waals surface area contributed by atoms with Gasteiger partial charge in [0.1, 0.15) is 11.7 Å². The van der Waals surface area contributed by atoms with Gasteiger partial charge in [0, 0.05) is 18.8 Å². The molecule has 21 heavy (non-hydrogen) atoms. The lowest BCUT2D eigenvalue weighted by Crippen LogP contribution is -2.41. The van der Waals surface area contributed by atoms with Gasteiger partial charge in [0.05, 0.1) is 13.4 Å². The first-order valence-corrected chi connectivity index (χ1v) is 7.63. The Morgan fingerprint density at radius 1 is 1.24 bits per heavy atom. The van der Waals surface area contributed by atoms with Gasteiger partial charge in [0.15, 0.2) is 0 Å². The smallest absolute Gasteiger partial charge is 0.328 e. The standard InChI is InChI=1S/C15H21N3O3/c1-21-15(20)13-7-4-8-18(13)14(19)12-9-17(10-16-12)11-5-2-3-6-11/h9-11,13H,2-8H2,1H3. The first-order chi connectivity index (χ1) is 10.2. The van der Waals surface area contributed by atoms with Crippen molar-refractivity contribution in [3.8, 4) is 0 Å². The molecule has 1 aromatic heterocycles. The van der Waals surface area contributed by atoms with Gasteiger partial charge in [-0.1, -0.05) is 12.8 Å². The lowest BCUT2D eigenvalue weighted by Gasteiger charge is -2.21. The highest BCUT2D eigenvalue weighted by Gasteiger charge is 2.36. The summed E-state index contributed by atoms with van der Waals surface area (Å²) < 4.78 is 6.82. The summed E-state index contributed by atoms with van der Waals surface area (Å²) >= 11 is 0. The fourth-order valence-electron chi connectivity index (χ4n) is 3.39. The van der Waals surface area contributed by atoms with E-state index in [4.69, 9.17) is 4.74 Å². The van der Waals surface area contributed by atoms with Crippen LogP contribution in [0.1, 0.15) is 55.1 Å². The normalized spacial score (nSPS) is 22.7. The van der Waals surface area contributed by atoms with Gasteiger partial charge in [0.25, 0.3) is 5.91 Å². The number of likely N-dealkylation sites (tertiary alicyclic amines) is 1. The first kappa shape index (κ1) is 14.1. The third kappa shape index (κ3) is 2.66. The Kier molecular flexibility index (Phi) is 3.94. The van der Waals surface area contributed by atoms with E-state index >= 15 is 0 Å². The number of rotatable bonds is 3. The minimum Gasteiger partial charge on any atom is -0.467 e. The summed E-state index contributed by atoms with van der Waals surface area (Å²) in [4.78, 5) is 30.1. The summed E-state index contributed by atoms with van der Waals surface area (Å²) in [5.41, 5.74) is 0.428. The topological polar surface area (TPSA) is 64.4 Å². The average molecular weight is 291 g/mol. The van der Waals surface area contributed by atoms with Crippen LogP contribution in [0.4, 0.5) is 0 Å². The van der Waals surface area contributed by atoms with Crippen molar-refractivity contribution >= 4 is 11.9 Å². The van der Waals surface area contributed by atoms with E-state index < -0.39 is 6.04 Å². The Balaban J connectivity index is 1.74. The van der Waals surface area contributed by atoms with Gasteiger partial charge in [-0.2, -0.15) is 0 Å². The van der Waals surface area contributed by atoms with Gasteiger partial charge < -0.3 is 14.2 Å². The fraction of sp³-hybridized carbons (Fsp3) is 0.667. The molecule has 1 aliphatic carbocycles. The van der Waals surface area contributed by atoms with E-state index in [0.717, 1.165) is 19.3 Å². The minimum absolute atomic E-state index is 0.167. The molecule has 2 fully saturated rings. The van der Waals surface area contributed by atoms with Crippen LogP contribution in [0, 0.1) is 0 Å². The summed E-state index contributed by atoms with van der Waals surface area (Å²) in [5, 5.41) is 0. The van der Waals surface area contributed by atoms with E-state index in [0.29, 0.717) is 24.7 Å². The molecule has 0 aromatic carbocycles. The second kappa shape index (κ2) is 5.87. The van der Waals surface area contributed by atoms with Crippen LogP contribution in [0.15, 0.2) is 12.5 Å². The number of carbonyl (C=O) groups excluding carboxylic acids is 2. The third-order valence-electron chi connectivity index (χ3n) is 4.55. The predicted molar refractivity (Wildman–Crippen MR) is 75.8 cm³/mol. The molecule has 0 N–H and O–H groups in total. The van der Waals surface area contributed by atoms with E-state index in [2.05, 4.69) is 4.98 Å². The van der Waals surface area contributed by atoms with Gasteiger partial charge in [-0.25, -0.2) is 9.78 Å². The number of methoxy groups -OCH3 is 1. The molecular weight excluding hydrogens is 270 g/mol. The highest BCUT2D eigenvalue weighted by molar-refractivity contribution is 5.95. The lowest BCUT2D eigenvalue weighted by atomic mass is 10.2. The van der Waals surface area contributed by atoms with E-state index in [1.54, 1.807) is 11.2 Å². The average Bonchev–Trinajstić information content (AvgIpc) is 3.25. The lowest BCUT2D eigenvalue weighted by molar-refractivity contribution is -0.145.